The van der Waals surface area contributed by atoms with E-state index >= 15 is 0 Å². The van der Waals surface area contributed by atoms with Gasteiger partial charge in [0.2, 0.25) is 0 Å². The maximum absolute atomic E-state index is 12.3. The first kappa shape index (κ1) is 14.4. The number of amides is 1. The Labute approximate surface area is 108 Å². The van der Waals surface area contributed by atoms with E-state index in [1.54, 1.807) is 24.2 Å². The number of anilines is 1. The fourth-order valence-electron chi connectivity index (χ4n) is 1.65. The van der Waals surface area contributed by atoms with Crippen LogP contribution in [0.3, 0.4) is 0 Å². The van der Waals surface area contributed by atoms with E-state index in [-0.39, 0.29) is 18.6 Å². The molecule has 0 aliphatic rings. The largest absolute Gasteiger partial charge is 0.396 e. The number of hydrogen-bond donors (Lipinski definition) is 2. The average molecular weight is 251 g/mol. The van der Waals surface area contributed by atoms with Crippen molar-refractivity contribution >= 4 is 11.6 Å². The molecule has 0 bridgehead atoms. The monoisotopic (exact) mass is 251 g/mol. The summed E-state index contributed by atoms with van der Waals surface area (Å²) in [5.74, 6) is -0.0962. The van der Waals surface area contributed by atoms with Gasteiger partial charge in [0, 0.05) is 26.2 Å². The molecule has 1 rings (SSSR count). The number of aliphatic hydroxyl groups is 1. The van der Waals surface area contributed by atoms with Crippen molar-refractivity contribution in [3.63, 3.8) is 0 Å². The first-order valence-electron chi connectivity index (χ1n) is 6.15. The Morgan fingerprint density at radius 3 is 2.67 bits per heavy atom. The van der Waals surface area contributed by atoms with Crippen molar-refractivity contribution in [2.24, 2.45) is 0 Å². The lowest BCUT2D eigenvalue weighted by molar-refractivity contribution is 0.0687. The summed E-state index contributed by atoms with van der Waals surface area (Å²) in [5.41, 5.74) is 1.30. The lowest BCUT2D eigenvalue weighted by Crippen LogP contribution is -2.38. The maximum atomic E-state index is 12.3. The van der Waals surface area contributed by atoms with Crippen molar-refractivity contribution in [3.05, 3.63) is 24.0 Å². The predicted octanol–water partition coefficient (Wildman–Crippen LogP) is 1.36. The van der Waals surface area contributed by atoms with Gasteiger partial charge >= 0.3 is 0 Å². The molecule has 100 valence electrons. The van der Waals surface area contributed by atoms with Crippen LogP contribution in [0.4, 0.5) is 5.69 Å². The van der Waals surface area contributed by atoms with Crippen LogP contribution in [0.1, 0.15) is 30.8 Å². The summed E-state index contributed by atoms with van der Waals surface area (Å²) in [4.78, 5) is 18.1. The van der Waals surface area contributed by atoms with Gasteiger partial charge in [-0.1, -0.05) is 0 Å². The minimum absolute atomic E-state index is 0.0859. The van der Waals surface area contributed by atoms with Gasteiger partial charge < -0.3 is 15.3 Å². The van der Waals surface area contributed by atoms with Crippen LogP contribution in [0.25, 0.3) is 0 Å². The third-order valence-corrected chi connectivity index (χ3v) is 2.71. The molecule has 0 aromatic carbocycles. The van der Waals surface area contributed by atoms with Gasteiger partial charge in [-0.05, 0) is 32.4 Å². The molecule has 1 heterocycles. The van der Waals surface area contributed by atoms with Crippen LogP contribution in [-0.4, -0.2) is 47.1 Å². The fraction of sp³-hybridized carbons (Fsp3) is 0.538. The molecule has 0 unspecified atom stereocenters. The Kier molecular flexibility index (Phi) is 5.58. The van der Waals surface area contributed by atoms with E-state index in [0.717, 1.165) is 5.69 Å². The van der Waals surface area contributed by atoms with Crippen molar-refractivity contribution in [3.8, 4) is 0 Å². The van der Waals surface area contributed by atoms with E-state index in [1.807, 2.05) is 19.9 Å². The lowest BCUT2D eigenvalue weighted by Gasteiger charge is -2.26. The zero-order valence-electron chi connectivity index (χ0n) is 11.2. The topological polar surface area (TPSA) is 65.5 Å². The SMILES string of the molecule is CNc1ccc(C(=O)N(CCCO)C(C)C)nc1. The van der Waals surface area contributed by atoms with E-state index in [2.05, 4.69) is 10.3 Å². The summed E-state index contributed by atoms with van der Waals surface area (Å²) in [6.45, 7) is 4.54. The number of carbonyl (C=O) groups excluding carboxylic acids is 1. The molecule has 1 amide bonds. The van der Waals surface area contributed by atoms with Gasteiger partial charge in [0.1, 0.15) is 5.69 Å². The van der Waals surface area contributed by atoms with Gasteiger partial charge in [-0.25, -0.2) is 4.98 Å². The Hall–Kier alpha value is -1.62. The first-order chi connectivity index (χ1) is 8.60. The summed E-state index contributed by atoms with van der Waals surface area (Å²) in [6.07, 6.45) is 2.22. The van der Waals surface area contributed by atoms with Gasteiger partial charge in [0.15, 0.2) is 0 Å². The molecular formula is C13H21N3O2. The number of aliphatic hydroxyl groups excluding tert-OH is 1. The summed E-state index contributed by atoms with van der Waals surface area (Å²) in [6, 6.07) is 3.63. The molecule has 0 spiro atoms. The normalized spacial score (nSPS) is 10.5. The van der Waals surface area contributed by atoms with Crippen LogP contribution >= 0.6 is 0 Å². The van der Waals surface area contributed by atoms with E-state index in [9.17, 15) is 4.79 Å². The minimum atomic E-state index is -0.0962. The molecular weight excluding hydrogens is 230 g/mol. The van der Waals surface area contributed by atoms with Gasteiger partial charge in [0.05, 0.1) is 11.9 Å². The quantitative estimate of drug-likeness (QED) is 0.801. The van der Waals surface area contributed by atoms with Crippen molar-refractivity contribution in [1.82, 2.24) is 9.88 Å². The van der Waals surface area contributed by atoms with Crippen LogP contribution in [0.5, 0.6) is 0 Å². The molecule has 0 saturated carbocycles. The smallest absolute Gasteiger partial charge is 0.272 e. The van der Waals surface area contributed by atoms with E-state index in [4.69, 9.17) is 5.11 Å². The summed E-state index contributed by atoms with van der Waals surface area (Å²) in [7, 11) is 1.81. The van der Waals surface area contributed by atoms with Crippen LogP contribution in [0.2, 0.25) is 0 Å². The van der Waals surface area contributed by atoms with E-state index in [0.29, 0.717) is 18.7 Å². The second kappa shape index (κ2) is 6.96. The highest BCUT2D eigenvalue weighted by Crippen LogP contribution is 2.10. The number of hydrogen-bond acceptors (Lipinski definition) is 4. The molecule has 1 aromatic rings. The second-order valence-electron chi connectivity index (χ2n) is 4.35. The fourth-order valence-corrected chi connectivity index (χ4v) is 1.65. The highest BCUT2D eigenvalue weighted by atomic mass is 16.3. The van der Waals surface area contributed by atoms with Crippen molar-refractivity contribution < 1.29 is 9.90 Å². The van der Waals surface area contributed by atoms with Gasteiger partial charge in [-0.3, -0.25) is 4.79 Å². The molecule has 1 aromatic heterocycles. The third kappa shape index (κ3) is 3.70. The summed E-state index contributed by atoms with van der Waals surface area (Å²) >= 11 is 0. The zero-order valence-corrected chi connectivity index (χ0v) is 11.2. The minimum Gasteiger partial charge on any atom is -0.396 e. The molecule has 0 radical (unpaired) electrons. The van der Waals surface area contributed by atoms with Gasteiger partial charge in [0.25, 0.3) is 5.91 Å². The number of nitrogens with one attached hydrogen (secondary N) is 1. The molecule has 0 aliphatic carbocycles. The standard InChI is InChI=1S/C13H21N3O2/c1-10(2)16(7-4-8-17)13(18)12-6-5-11(14-3)9-15-12/h5-6,9-10,14,17H,4,7-8H2,1-3H3. The summed E-state index contributed by atoms with van der Waals surface area (Å²) < 4.78 is 0. The Balaban J connectivity index is 2.80. The third-order valence-electron chi connectivity index (χ3n) is 2.71. The van der Waals surface area contributed by atoms with Crippen LogP contribution in [0.15, 0.2) is 18.3 Å². The second-order valence-corrected chi connectivity index (χ2v) is 4.35. The number of aromatic nitrogens is 1. The van der Waals surface area contributed by atoms with E-state index < -0.39 is 0 Å². The summed E-state index contributed by atoms with van der Waals surface area (Å²) in [5, 5.41) is 11.8. The van der Waals surface area contributed by atoms with Crippen molar-refractivity contribution in [2.45, 2.75) is 26.3 Å². The van der Waals surface area contributed by atoms with Crippen LogP contribution in [-0.2, 0) is 0 Å². The first-order valence-corrected chi connectivity index (χ1v) is 6.15. The highest BCUT2D eigenvalue weighted by molar-refractivity contribution is 5.92. The van der Waals surface area contributed by atoms with Gasteiger partial charge in [-0.2, -0.15) is 0 Å². The Bertz CT molecular complexity index is 376. The Morgan fingerprint density at radius 2 is 2.22 bits per heavy atom. The molecule has 5 nitrogen and oxygen atoms in total. The molecule has 0 fully saturated rings. The molecule has 18 heavy (non-hydrogen) atoms. The predicted molar refractivity (Wildman–Crippen MR) is 71.7 cm³/mol. The molecule has 5 heteroatoms. The highest BCUT2D eigenvalue weighted by Gasteiger charge is 2.19. The van der Waals surface area contributed by atoms with Crippen LogP contribution < -0.4 is 5.32 Å². The number of rotatable bonds is 6. The van der Waals surface area contributed by atoms with Crippen LogP contribution in [0, 0.1) is 0 Å². The number of nitrogens with zero attached hydrogens (tertiary/aromatic N) is 2. The Morgan fingerprint density at radius 1 is 1.50 bits per heavy atom. The molecule has 0 aliphatic heterocycles. The van der Waals surface area contributed by atoms with E-state index in [1.165, 1.54) is 0 Å². The number of carbonyl (C=O) groups is 1. The molecule has 0 atom stereocenters. The average Bonchev–Trinajstić information content (AvgIpc) is 2.38. The van der Waals surface area contributed by atoms with Gasteiger partial charge in [-0.15, -0.1) is 0 Å². The van der Waals surface area contributed by atoms with Crippen molar-refractivity contribution in [1.29, 1.82) is 0 Å². The lowest BCUT2D eigenvalue weighted by atomic mass is 10.2. The number of pyridine rings is 1. The molecule has 0 saturated heterocycles. The zero-order chi connectivity index (χ0) is 13.5. The maximum Gasteiger partial charge on any atom is 0.272 e. The molecule has 2 N–H and O–H groups in total. The van der Waals surface area contributed by atoms with Crippen molar-refractivity contribution in [2.75, 3.05) is 25.5 Å².